The molecule has 1 atom stereocenters. The Labute approximate surface area is 108 Å². The maximum absolute atomic E-state index is 11.7. The summed E-state index contributed by atoms with van der Waals surface area (Å²) < 4.78 is 5.21. The lowest BCUT2D eigenvalue weighted by Gasteiger charge is -2.10. The molecule has 0 aliphatic heterocycles. The summed E-state index contributed by atoms with van der Waals surface area (Å²) in [5, 5.41) is 0. The van der Waals surface area contributed by atoms with Crippen LogP contribution in [0.15, 0.2) is 30.3 Å². The molecule has 0 N–H and O–H groups in total. The molecule has 1 unspecified atom stereocenters. The van der Waals surface area contributed by atoms with Crippen molar-refractivity contribution in [3.8, 4) is 0 Å². The molecule has 0 spiro atoms. The molecule has 0 aliphatic rings. The van der Waals surface area contributed by atoms with Gasteiger partial charge in [-0.1, -0.05) is 44.2 Å². The number of carbonyl (C=O) groups is 2. The summed E-state index contributed by atoms with van der Waals surface area (Å²) in [6, 6.07) is 9.57. The van der Waals surface area contributed by atoms with Crippen LogP contribution in [0.1, 0.15) is 38.7 Å². The maximum atomic E-state index is 11.7. The van der Waals surface area contributed by atoms with Crippen LogP contribution in [0, 0.1) is 5.92 Å². The highest BCUT2D eigenvalue weighted by Gasteiger charge is 2.15. The van der Waals surface area contributed by atoms with E-state index >= 15 is 0 Å². The van der Waals surface area contributed by atoms with Gasteiger partial charge < -0.3 is 4.74 Å². The number of Topliss-reactive ketones (excluding diaryl/α,β-unsaturated/α-hetero) is 1. The van der Waals surface area contributed by atoms with Crippen LogP contribution in [0.25, 0.3) is 0 Å². The summed E-state index contributed by atoms with van der Waals surface area (Å²) in [5.41, 5.74) is 0.975. The SMILES string of the molecule is CCC(=O)CCC(C)C(=O)OCc1ccccc1. The Hall–Kier alpha value is -1.64. The van der Waals surface area contributed by atoms with E-state index in [4.69, 9.17) is 4.74 Å². The number of benzene rings is 1. The van der Waals surface area contributed by atoms with Crippen molar-refractivity contribution in [1.82, 2.24) is 0 Å². The number of rotatable bonds is 7. The van der Waals surface area contributed by atoms with Gasteiger partial charge in [0.1, 0.15) is 12.4 Å². The van der Waals surface area contributed by atoms with Crippen LogP contribution in [0.3, 0.4) is 0 Å². The van der Waals surface area contributed by atoms with Crippen LogP contribution in [0.2, 0.25) is 0 Å². The van der Waals surface area contributed by atoms with Gasteiger partial charge >= 0.3 is 5.97 Å². The Morgan fingerprint density at radius 3 is 2.50 bits per heavy atom. The van der Waals surface area contributed by atoms with E-state index in [1.807, 2.05) is 37.3 Å². The fourth-order valence-electron chi connectivity index (χ4n) is 1.54. The smallest absolute Gasteiger partial charge is 0.308 e. The molecule has 0 aromatic heterocycles. The van der Waals surface area contributed by atoms with Crippen LogP contribution in [0.5, 0.6) is 0 Å². The molecule has 18 heavy (non-hydrogen) atoms. The third kappa shape index (κ3) is 5.13. The molecule has 0 heterocycles. The third-order valence-corrected chi connectivity index (χ3v) is 2.88. The first-order valence-corrected chi connectivity index (χ1v) is 6.35. The van der Waals surface area contributed by atoms with Gasteiger partial charge in [0.15, 0.2) is 0 Å². The minimum absolute atomic E-state index is 0.192. The van der Waals surface area contributed by atoms with E-state index in [2.05, 4.69) is 0 Å². The molecule has 1 aromatic carbocycles. The minimum Gasteiger partial charge on any atom is -0.461 e. The van der Waals surface area contributed by atoms with Crippen LogP contribution in [0.4, 0.5) is 0 Å². The second-order valence-corrected chi connectivity index (χ2v) is 4.43. The number of ketones is 1. The van der Waals surface area contributed by atoms with Crippen molar-refractivity contribution >= 4 is 11.8 Å². The topological polar surface area (TPSA) is 43.4 Å². The first kappa shape index (κ1) is 14.4. The summed E-state index contributed by atoms with van der Waals surface area (Å²) in [5.74, 6) is -0.260. The molecule has 3 heteroatoms. The monoisotopic (exact) mass is 248 g/mol. The first-order valence-electron chi connectivity index (χ1n) is 6.35. The zero-order chi connectivity index (χ0) is 13.4. The molecule has 1 aromatic rings. The molecule has 1 rings (SSSR count). The Kier molecular flexibility index (Phi) is 6.12. The van der Waals surface area contributed by atoms with Crippen molar-refractivity contribution < 1.29 is 14.3 Å². The summed E-state index contributed by atoms with van der Waals surface area (Å²) in [7, 11) is 0. The van der Waals surface area contributed by atoms with Crippen molar-refractivity contribution in [3.63, 3.8) is 0 Å². The summed E-state index contributed by atoms with van der Waals surface area (Å²) >= 11 is 0. The van der Waals surface area contributed by atoms with Gasteiger partial charge in [0.05, 0.1) is 5.92 Å². The van der Waals surface area contributed by atoms with E-state index in [0.29, 0.717) is 25.9 Å². The molecule has 98 valence electrons. The Balaban J connectivity index is 2.30. The van der Waals surface area contributed by atoms with Gasteiger partial charge in [0, 0.05) is 12.8 Å². The fourth-order valence-corrected chi connectivity index (χ4v) is 1.54. The molecule has 0 bridgehead atoms. The number of ether oxygens (including phenoxy) is 1. The van der Waals surface area contributed by atoms with E-state index in [1.54, 1.807) is 6.92 Å². The van der Waals surface area contributed by atoms with Crippen LogP contribution in [-0.4, -0.2) is 11.8 Å². The van der Waals surface area contributed by atoms with Crippen molar-refractivity contribution in [2.75, 3.05) is 0 Å². The van der Waals surface area contributed by atoms with Crippen LogP contribution < -0.4 is 0 Å². The lowest BCUT2D eigenvalue weighted by Crippen LogP contribution is -2.15. The van der Waals surface area contributed by atoms with Gasteiger partial charge in [-0.2, -0.15) is 0 Å². The minimum atomic E-state index is -0.234. The lowest BCUT2D eigenvalue weighted by atomic mass is 10.0. The van der Waals surface area contributed by atoms with Crippen molar-refractivity contribution in [2.24, 2.45) is 5.92 Å². The Morgan fingerprint density at radius 2 is 1.89 bits per heavy atom. The summed E-state index contributed by atoms with van der Waals surface area (Å²) in [4.78, 5) is 22.8. The van der Waals surface area contributed by atoms with E-state index in [0.717, 1.165) is 5.56 Å². The number of carbonyl (C=O) groups excluding carboxylic acids is 2. The molecule has 0 saturated carbocycles. The van der Waals surface area contributed by atoms with E-state index < -0.39 is 0 Å². The van der Waals surface area contributed by atoms with Crippen molar-refractivity contribution in [3.05, 3.63) is 35.9 Å². The van der Waals surface area contributed by atoms with E-state index in [9.17, 15) is 9.59 Å². The zero-order valence-corrected chi connectivity index (χ0v) is 11.0. The quantitative estimate of drug-likeness (QED) is 0.696. The van der Waals surface area contributed by atoms with Crippen LogP contribution in [-0.2, 0) is 20.9 Å². The summed E-state index contributed by atoms with van der Waals surface area (Å²) in [6.45, 7) is 3.93. The van der Waals surface area contributed by atoms with Gasteiger partial charge in [-0.25, -0.2) is 0 Å². The third-order valence-electron chi connectivity index (χ3n) is 2.88. The molecular weight excluding hydrogens is 228 g/mol. The highest BCUT2D eigenvalue weighted by Crippen LogP contribution is 2.11. The van der Waals surface area contributed by atoms with Gasteiger partial charge in [0.2, 0.25) is 0 Å². The molecule has 0 fully saturated rings. The summed E-state index contributed by atoms with van der Waals surface area (Å²) in [6.07, 6.45) is 1.56. The second-order valence-electron chi connectivity index (χ2n) is 4.43. The van der Waals surface area contributed by atoms with E-state index in [1.165, 1.54) is 0 Å². The molecule has 0 amide bonds. The maximum Gasteiger partial charge on any atom is 0.308 e. The predicted molar refractivity (Wildman–Crippen MR) is 69.9 cm³/mol. The van der Waals surface area contributed by atoms with Gasteiger partial charge in [0.25, 0.3) is 0 Å². The number of hydrogen-bond donors (Lipinski definition) is 0. The Morgan fingerprint density at radius 1 is 1.22 bits per heavy atom. The average molecular weight is 248 g/mol. The lowest BCUT2D eigenvalue weighted by molar-refractivity contribution is -0.149. The molecule has 3 nitrogen and oxygen atoms in total. The molecule has 0 saturated heterocycles. The molecular formula is C15H20O3. The molecule has 0 radical (unpaired) electrons. The standard InChI is InChI=1S/C15H20O3/c1-3-14(16)10-9-12(2)15(17)18-11-13-7-5-4-6-8-13/h4-8,12H,3,9-11H2,1-2H3. The van der Waals surface area contributed by atoms with Gasteiger partial charge in [-0.05, 0) is 12.0 Å². The highest BCUT2D eigenvalue weighted by atomic mass is 16.5. The largest absolute Gasteiger partial charge is 0.461 e. The zero-order valence-electron chi connectivity index (χ0n) is 11.0. The number of esters is 1. The van der Waals surface area contributed by atoms with Crippen LogP contribution >= 0.6 is 0 Å². The van der Waals surface area contributed by atoms with Gasteiger partial charge in [-0.3, -0.25) is 9.59 Å². The number of hydrogen-bond acceptors (Lipinski definition) is 3. The normalized spacial score (nSPS) is 11.9. The fraction of sp³-hybridized carbons (Fsp3) is 0.467. The average Bonchev–Trinajstić information content (AvgIpc) is 2.42. The van der Waals surface area contributed by atoms with Crippen molar-refractivity contribution in [1.29, 1.82) is 0 Å². The Bertz CT molecular complexity index is 384. The molecule has 0 aliphatic carbocycles. The predicted octanol–water partition coefficient (Wildman–Crippen LogP) is 3.13. The van der Waals surface area contributed by atoms with Crippen molar-refractivity contribution in [2.45, 2.75) is 39.7 Å². The second kappa shape index (κ2) is 7.64. The first-order chi connectivity index (χ1) is 8.63. The van der Waals surface area contributed by atoms with Gasteiger partial charge in [-0.15, -0.1) is 0 Å². The highest BCUT2D eigenvalue weighted by molar-refractivity contribution is 5.79. The van der Waals surface area contributed by atoms with E-state index in [-0.39, 0.29) is 17.7 Å².